The summed E-state index contributed by atoms with van der Waals surface area (Å²) in [5.74, 6) is 1.80. The van der Waals surface area contributed by atoms with Crippen molar-refractivity contribution in [1.82, 2.24) is 4.90 Å². The van der Waals surface area contributed by atoms with Crippen LogP contribution in [-0.2, 0) is 0 Å². The van der Waals surface area contributed by atoms with Crippen molar-refractivity contribution in [3.63, 3.8) is 0 Å². The van der Waals surface area contributed by atoms with E-state index < -0.39 is 0 Å². The Labute approximate surface area is 176 Å². The lowest BCUT2D eigenvalue weighted by Crippen LogP contribution is -2.33. The number of hydrogen-bond donors (Lipinski definition) is 0. The van der Waals surface area contributed by atoms with Crippen LogP contribution in [0.5, 0.6) is 17.2 Å². The molecule has 0 bridgehead atoms. The van der Waals surface area contributed by atoms with Crippen LogP contribution in [0.1, 0.15) is 19.3 Å². The SMILES string of the molecule is COc1ccc(-c2oc3ccccc3c(=O)c2OCCN2CCCCC2)cc1OC. The van der Waals surface area contributed by atoms with Crippen molar-refractivity contribution in [3.05, 3.63) is 52.7 Å². The Bertz CT molecular complexity index is 1070. The first-order valence-corrected chi connectivity index (χ1v) is 10.3. The minimum atomic E-state index is -0.166. The standard InChI is InChI=1S/C24H27NO5/c1-27-20-11-10-17(16-21(20)28-2)23-24(29-15-14-25-12-6-3-7-13-25)22(26)18-8-4-5-9-19(18)30-23/h4-5,8-11,16H,3,6-7,12-15H2,1-2H3. The lowest BCUT2D eigenvalue weighted by atomic mass is 10.1. The fourth-order valence-corrected chi connectivity index (χ4v) is 3.88. The van der Waals surface area contributed by atoms with E-state index in [4.69, 9.17) is 18.6 Å². The lowest BCUT2D eigenvalue weighted by Gasteiger charge is -2.26. The molecule has 158 valence electrons. The molecule has 6 heteroatoms. The van der Waals surface area contributed by atoms with Crippen molar-refractivity contribution in [2.75, 3.05) is 40.5 Å². The third kappa shape index (κ3) is 4.14. The van der Waals surface area contributed by atoms with Crippen LogP contribution in [0, 0.1) is 0 Å². The van der Waals surface area contributed by atoms with Gasteiger partial charge in [0.2, 0.25) is 11.2 Å². The molecule has 30 heavy (non-hydrogen) atoms. The number of fused-ring (bicyclic) bond motifs is 1. The zero-order chi connectivity index (χ0) is 20.9. The third-order valence-electron chi connectivity index (χ3n) is 5.50. The zero-order valence-corrected chi connectivity index (χ0v) is 17.5. The number of para-hydroxylation sites is 1. The summed E-state index contributed by atoms with van der Waals surface area (Å²) < 4.78 is 22.9. The van der Waals surface area contributed by atoms with Gasteiger partial charge in [-0.1, -0.05) is 18.6 Å². The van der Waals surface area contributed by atoms with E-state index in [1.54, 1.807) is 38.5 Å². The summed E-state index contributed by atoms with van der Waals surface area (Å²) in [5, 5.41) is 0.509. The number of piperidine rings is 1. The average Bonchev–Trinajstić information content (AvgIpc) is 2.80. The van der Waals surface area contributed by atoms with Gasteiger partial charge in [-0.15, -0.1) is 0 Å². The maximum Gasteiger partial charge on any atom is 0.235 e. The first kappa shape index (κ1) is 20.3. The number of methoxy groups -OCH3 is 2. The fourth-order valence-electron chi connectivity index (χ4n) is 3.88. The largest absolute Gasteiger partial charge is 0.493 e. The van der Waals surface area contributed by atoms with E-state index in [1.807, 2.05) is 18.2 Å². The Morgan fingerprint density at radius 1 is 0.967 bits per heavy atom. The maximum atomic E-state index is 13.2. The number of benzene rings is 2. The highest BCUT2D eigenvalue weighted by molar-refractivity contribution is 5.82. The van der Waals surface area contributed by atoms with E-state index in [9.17, 15) is 4.79 Å². The molecule has 1 aliphatic heterocycles. The zero-order valence-electron chi connectivity index (χ0n) is 17.5. The predicted molar refractivity (Wildman–Crippen MR) is 117 cm³/mol. The molecule has 2 heterocycles. The second-order valence-corrected chi connectivity index (χ2v) is 7.41. The van der Waals surface area contributed by atoms with Gasteiger partial charge in [0, 0.05) is 12.1 Å². The van der Waals surface area contributed by atoms with Crippen LogP contribution in [-0.4, -0.2) is 45.4 Å². The van der Waals surface area contributed by atoms with Crippen molar-refractivity contribution in [3.8, 4) is 28.6 Å². The molecular weight excluding hydrogens is 382 g/mol. The summed E-state index contributed by atoms with van der Waals surface area (Å²) in [4.78, 5) is 15.6. The molecule has 0 amide bonds. The van der Waals surface area contributed by atoms with Crippen LogP contribution in [0.25, 0.3) is 22.3 Å². The Morgan fingerprint density at radius 3 is 2.50 bits per heavy atom. The van der Waals surface area contributed by atoms with Crippen LogP contribution in [0.2, 0.25) is 0 Å². The van der Waals surface area contributed by atoms with Gasteiger partial charge in [-0.05, 0) is 56.3 Å². The van der Waals surface area contributed by atoms with E-state index >= 15 is 0 Å². The lowest BCUT2D eigenvalue weighted by molar-refractivity contribution is 0.182. The molecule has 0 aliphatic carbocycles. The summed E-state index contributed by atoms with van der Waals surface area (Å²) in [5.41, 5.74) is 1.06. The van der Waals surface area contributed by atoms with Gasteiger partial charge in [-0.25, -0.2) is 0 Å². The molecule has 0 unspecified atom stereocenters. The van der Waals surface area contributed by atoms with Crippen LogP contribution < -0.4 is 19.6 Å². The molecule has 0 spiro atoms. The maximum absolute atomic E-state index is 13.2. The van der Waals surface area contributed by atoms with Gasteiger partial charge in [-0.2, -0.15) is 0 Å². The summed E-state index contributed by atoms with van der Waals surface area (Å²) >= 11 is 0. The van der Waals surface area contributed by atoms with Crippen LogP contribution in [0.15, 0.2) is 51.7 Å². The molecular formula is C24H27NO5. The predicted octanol–water partition coefficient (Wildman–Crippen LogP) is 4.34. The van der Waals surface area contributed by atoms with Crippen molar-refractivity contribution in [2.24, 2.45) is 0 Å². The number of nitrogens with zero attached hydrogens (tertiary/aromatic N) is 1. The monoisotopic (exact) mass is 409 g/mol. The van der Waals surface area contributed by atoms with E-state index in [2.05, 4.69) is 4.90 Å². The first-order chi connectivity index (χ1) is 14.7. The highest BCUT2D eigenvalue weighted by Crippen LogP contribution is 2.36. The molecule has 1 fully saturated rings. The quantitative estimate of drug-likeness (QED) is 0.578. The normalized spacial score (nSPS) is 14.6. The van der Waals surface area contributed by atoms with Crippen LogP contribution in [0.4, 0.5) is 0 Å². The molecule has 2 aromatic carbocycles. The van der Waals surface area contributed by atoms with Crippen molar-refractivity contribution in [2.45, 2.75) is 19.3 Å². The van der Waals surface area contributed by atoms with Gasteiger partial charge in [0.1, 0.15) is 12.2 Å². The first-order valence-electron chi connectivity index (χ1n) is 10.3. The molecule has 1 aromatic heterocycles. The Hall–Kier alpha value is -2.99. The molecule has 0 radical (unpaired) electrons. The minimum Gasteiger partial charge on any atom is -0.493 e. The van der Waals surface area contributed by atoms with E-state index in [-0.39, 0.29) is 11.2 Å². The van der Waals surface area contributed by atoms with Gasteiger partial charge in [0.25, 0.3) is 0 Å². The summed E-state index contributed by atoms with van der Waals surface area (Å²) in [6.07, 6.45) is 3.72. The van der Waals surface area contributed by atoms with Crippen LogP contribution in [0.3, 0.4) is 0 Å². The van der Waals surface area contributed by atoms with Gasteiger partial charge < -0.3 is 18.6 Å². The Balaban J connectivity index is 1.71. The number of rotatable bonds is 7. The molecule has 1 aliphatic rings. The van der Waals surface area contributed by atoms with Gasteiger partial charge in [-0.3, -0.25) is 9.69 Å². The number of hydrogen-bond acceptors (Lipinski definition) is 6. The molecule has 4 rings (SSSR count). The number of likely N-dealkylation sites (tertiary alicyclic amines) is 1. The molecule has 0 N–H and O–H groups in total. The second-order valence-electron chi connectivity index (χ2n) is 7.41. The summed E-state index contributed by atoms with van der Waals surface area (Å²) in [6, 6.07) is 12.7. The molecule has 6 nitrogen and oxygen atoms in total. The Morgan fingerprint density at radius 2 is 1.73 bits per heavy atom. The molecule has 0 saturated carbocycles. The number of ether oxygens (including phenoxy) is 3. The van der Waals surface area contributed by atoms with Crippen molar-refractivity contribution in [1.29, 1.82) is 0 Å². The third-order valence-corrected chi connectivity index (χ3v) is 5.50. The summed E-state index contributed by atoms with van der Waals surface area (Å²) in [6.45, 7) is 3.39. The van der Waals surface area contributed by atoms with Gasteiger partial charge >= 0.3 is 0 Å². The minimum absolute atomic E-state index is 0.166. The Kier molecular flexibility index (Phi) is 6.23. The van der Waals surface area contributed by atoms with Crippen LogP contribution >= 0.6 is 0 Å². The van der Waals surface area contributed by atoms with E-state index in [1.165, 1.54) is 19.3 Å². The average molecular weight is 409 g/mol. The smallest absolute Gasteiger partial charge is 0.235 e. The van der Waals surface area contributed by atoms with Gasteiger partial charge in [0.15, 0.2) is 17.3 Å². The van der Waals surface area contributed by atoms with Crippen molar-refractivity contribution >= 4 is 11.0 Å². The molecule has 3 aromatic rings. The van der Waals surface area contributed by atoms with Crippen molar-refractivity contribution < 1.29 is 18.6 Å². The molecule has 1 saturated heterocycles. The highest BCUT2D eigenvalue weighted by Gasteiger charge is 2.20. The summed E-state index contributed by atoms with van der Waals surface area (Å²) in [7, 11) is 3.16. The highest BCUT2D eigenvalue weighted by atomic mass is 16.5. The molecule has 0 atom stereocenters. The van der Waals surface area contributed by atoms with E-state index in [0.717, 1.165) is 19.6 Å². The van der Waals surface area contributed by atoms with E-state index in [0.29, 0.717) is 40.4 Å². The topological polar surface area (TPSA) is 61.1 Å². The van der Waals surface area contributed by atoms with Gasteiger partial charge in [0.05, 0.1) is 19.6 Å². The second kappa shape index (κ2) is 9.22. The fraction of sp³-hybridized carbons (Fsp3) is 0.375.